The number of benzene rings is 1. The van der Waals surface area contributed by atoms with Gasteiger partial charge >= 0.3 is 0 Å². The molecule has 0 saturated carbocycles. The third-order valence-corrected chi connectivity index (χ3v) is 4.90. The molecule has 2 N–H and O–H groups in total. The summed E-state index contributed by atoms with van der Waals surface area (Å²) < 4.78 is 0. The Morgan fingerprint density at radius 2 is 1.79 bits per heavy atom. The monoisotopic (exact) mass is 351 g/mol. The maximum absolute atomic E-state index is 12.4. The van der Waals surface area contributed by atoms with Crippen LogP contribution in [0.15, 0.2) is 30.3 Å². The molecule has 5 nitrogen and oxygen atoms in total. The Balaban J connectivity index is 0.00000208. The Hall–Kier alpha value is -1.59. The van der Waals surface area contributed by atoms with Gasteiger partial charge in [-0.2, -0.15) is 0 Å². The second-order valence-electron chi connectivity index (χ2n) is 6.84. The maximum Gasteiger partial charge on any atom is 0.243 e. The molecule has 132 valence electrons. The second kappa shape index (κ2) is 8.49. The second-order valence-corrected chi connectivity index (χ2v) is 6.84. The summed E-state index contributed by atoms with van der Waals surface area (Å²) in [6.45, 7) is 0.103. The van der Waals surface area contributed by atoms with Gasteiger partial charge in [-0.15, -0.1) is 12.4 Å². The topological polar surface area (TPSA) is 61.4 Å². The van der Waals surface area contributed by atoms with E-state index in [4.69, 9.17) is 0 Å². The minimum atomic E-state index is -0.155. The number of amides is 2. The van der Waals surface area contributed by atoms with E-state index in [0.29, 0.717) is 24.4 Å². The number of piperidine rings is 1. The van der Waals surface area contributed by atoms with Gasteiger partial charge in [-0.05, 0) is 43.7 Å². The molecule has 2 bridgehead atoms. The van der Waals surface area contributed by atoms with Crippen molar-refractivity contribution >= 4 is 29.9 Å². The Kier molecular flexibility index (Phi) is 6.63. The molecule has 24 heavy (non-hydrogen) atoms. The van der Waals surface area contributed by atoms with E-state index >= 15 is 0 Å². The molecule has 6 heteroatoms. The maximum atomic E-state index is 12.4. The van der Waals surface area contributed by atoms with E-state index in [1.807, 2.05) is 30.3 Å². The number of carbonyl (C=O) groups is 2. The lowest BCUT2D eigenvalue weighted by Crippen LogP contribution is -2.41. The van der Waals surface area contributed by atoms with Crippen molar-refractivity contribution in [2.75, 3.05) is 18.9 Å². The fourth-order valence-electron chi connectivity index (χ4n) is 3.77. The highest BCUT2D eigenvalue weighted by atomic mass is 35.5. The number of rotatable bonds is 5. The van der Waals surface area contributed by atoms with Crippen molar-refractivity contribution in [1.29, 1.82) is 0 Å². The molecule has 2 amide bonds. The molecule has 0 aliphatic carbocycles. The van der Waals surface area contributed by atoms with Gasteiger partial charge in [-0.1, -0.05) is 18.2 Å². The van der Waals surface area contributed by atoms with Crippen LogP contribution in [0.25, 0.3) is 0 Å². The van der Waals surface area contributed by atoms with E-state index < -0.39 is 0 Å². The van der Waals surface area contributed by atoms with Crippen molar-refractivity contribution in [3.63, 3.8) is 0 Å². The molecule has 1 aromatic rings. The molecule has 2 fully saturated rings. The molecule has 2 saturated heterocycles. The molecule has 2 aliphatic rings. The van der Waals surface area contributed by atoms with Gasteiger partial charge in [0.2, 0.25) is 11.8 Å². The van der Waals surface area contributed by atoms with Gasteiger partial charge in [0.1, 0.15) is 0 Å². The first-order valence-corrected chi connectivity index (χ1v) is 8.45. The number of nitrogens with zero attached hydrogens (tertiary/aromatic N) is 1. The van der Waals surface area contributed by atoms with Gasteiger partial charge in [0.05, 0.1) is 6.54 Å². The fourth-order valence-corrected chi connectivity index (χ4v) is 3.77. The molecular weight excluding hydrogens is 326 g/mol. The van der Waals surface area contributed by atoms with Crippen LogP contribution in [0.5, 0.6) is 0 Å². The summed E-state index contributed by atoms with van der Waals surface area (Å²) in [6, 6.07) is 10.5. The quantitative estimate of drug-likeness (QED) is 0.856. The lowest BCUT2D eigenvalue weighted by molar-refractivity contribution is -0.134. The van der Waals surface area contributed by atoms with Crippen LogP contribution in [-0.4, -0.2) is 42.4 Å². The standard InChI is InChI=1S/C18H25N3O2.ClH/c1-21(12-17(22)20-14-5-3-2-4-6-14)18(23)11-13-9-15-7-8-16(10-13)19-15;/h2-6,13,15-16,19H,7-12H2,1H3,(H,20,22);1H. The summed E-state index contributed by atoms with van der Waals surface area (Å²) in [5.41, 5.74) is 0.758. The van der Waals surface area contributed by atoms with Crippen LogP contribution in [0.1, 0.15) is 32.1 Å². The smallest absolute Gasteiger partial charge is 0.243 e. The van der Waals surface area contributed by atoms with Crippen LogP contribution in [0.3, 0.4) is 0 Å². The van der Waals surface area contributed by atoms with Gasteiger partial charge in [0.25, 0.3) is 0 Å². The molecule has 0 radical (unpaired) electrons. The number of likely N-dealkylation sites (N-methyl/N-ethyl adjacent to an activating group) is 1. The van der Waals surface area contributed by atoms with Crippen LogP contribution in [-0.2, 0) is 9.59 Å². The average molecular weight is 352 g/mol. The number of carbonyl (C=O) groups excluding carboxylic acids is 2. The molecule has 2 heterocycles. The zero-order valence-electron chi connectivity index (χ0n) is 14.0. The van der Waals surface area contributed by atoms with Crippen LogP contribution in [0.4, 0.5) is 5.69 Å². The van der Waals surface area contributed by atoms with Crippen molar-refractivity contribution in [1.82, 2.24) is 10.2 Å². The number of anilines is 1. The van der Waals surface area contributed by atoms with Crippen LogP contribution in [0, 0.1) is 5.92 Å². The van der Waals surface area contributed by atoms with Gasteiger partial charge < -0.3 is 15.5 Å². The van der Waals surface area contributed by atoms with E-state index in [-0.39, 0.29) is 30.8 Å². The normalized spacial score (nSPS) is 24.8. The van der Waals surface area contributed by atoms with Gasteiger partial charge in [0, 0.05) is 31.2 Å². The number of halogens is 1. The number of fused-ring (bicyclic) bond motifs is 2. The molecule has 0 aromatic heterocycles. The lowest BCUT2D eigenvalue weighted by Gasteiger charge is -2.29. The van der Waals surface area contributed by atoms with Crippen molar-refractivity contribution < 1.29 is 9.59 Å². The molecule has 2 unspecified atom stereocenters. The first-order chi connectivity index (χ1) is 11.1. The average Bonchev–Trinajstić information content (AvgIpc) is 2.86. The highest BCUT2D eigenvalue weighted by molar-refractivity contribution is 5.94. The fraction of sp³-hybridized carbons (Fsp3) is 0.556. The summed E-state index contributed by atoms with van der Waals surface area (Å²) in [6.07, 6.45) is 5.22. The van der Waals surface area contributed by atoms with Crippen molar-refractivity contribution in [2.45, 2.75) is 44.2 Å². The van der Waals surface area contributed by atoms with Crippen LogP contribution < -0.4 is 10.6 Å². The summed E-state index contributed by atoms with van der Waals surface area (Å²) in [5.74, 6) is 0.373. The van der Waals surface area contributed by atoms with Crippen LogP contribution in [0.2, 0.25) is 0 Å². The largest absolute Gasteiger partial charge is 0.336 e. The molecule has 2 aliphatic heterocycles. The van der Waals surface area contributed by atoms with Crippen LogP contribution >= 0.6 is 12.4 Å². The third-order valence-electron chi connectivity index (χ3n) is 4.90. The number of para-hydroxylation sites is 1. The molecule has 2 atom stereocenters. The number of nitrogens with one attached hydrogen (secondary N) is 2. The Morgan fingerprint density at radius 1 is 1.17 bits per heavy atom. The van der Waals surface area contributed by atoms with Crippen molar-refractivity contribution in [3.8, 4) is 0 Å². The van der Waals surface area contributed by atoms with E-state index in [2.05, 4.69) is 10.6 Å². The first kappa shape index (κ1) is 18.7. The van der Waals surface area contributed by atoms with E-state index in [0.717, 1.165) is 18.5 Å². The highest BCUT2D eigenvalue weighted by Crippen LogP contribution is 2.32. The highest BCUT2D eigenvalue weighted by Gasteiger charge is 2.34. The Bertz CT molecular complexity index is 555. The summed E-state index contributed by atoms with van der Waals surface area (Å²) in [5, 5.41) is 6.41. The van der Waals surface area contributed by atoms with E-state index in [1.165, 1.54) is 12.8 Å². The van der Waals surface area contributed by atoms with E-state index in [9.17, 15) is 9.59 Å². The van der Waals surface area contributed by atoms with E-state index in [1.54, 1.807) is 11.9 Å². The first-order valence-electron chi connectivity index (χ1n) is 8.45. The SMILES string of the molecule is CN(CC(=O)Nc1ccccc1)C(=O)CC1CC2CCC(C1)N2.Cl. The predicted octanol–water partition coefficient (Wildman–Crippen LogP) is 2.43. The minimum absolute atomic E-state index is 0. The summed E-state index contributed by atoms with van der Waals surface area (Å²) in [4.78, 5) is 25.9. The number of hydrogen-bond acceptors (Lipinski definition) is 3. The minimum Gasteiger partial charge on any atom is -0.336 e. The van der Waals surface area contributed by atoms with Crippen molar-refractivity contribution in [2.24, 2.45) is 5.92 Å². The molecule has 3 rings (SSSR count). The molecular formula is C18H26ClN3O2. The Morgan fingerprint density at radius 3 is 2.42 bits per heavy atom. The van der Waals surface area contributed by atoms with Crippen molar-refractivity contribution in [3.05, 3.63) is 30.3 Å². The predicted molar refractivity (Wildman–Crippen MR) is 97.2 cm³/mol. The molecule has 1 aromatic carbocycles. The number of hydrogen-bond donors (Lipinski definition) is 2. The summed E-state index contributed by atoms with van der Waals surface area (Å²) in [7, 11) is 1.71. The zero-order chi connectivity index (χ0) is 16.2. The summed E-state index contributed by atoms with van der Waals surface area (Å²) >= 11 is 0. The Labute approximate surface area is 149 Å². The van der Waals surface area contributed by atoms with Gasteiger partial charge in [-0.3, -0.25) is 9.59 Å². The van der Waals surface area contributed by atoms with Gasteiger partial charge in [0.15, 0.2) is 0 Å². The molecule has 0 spiro atoms. The lowest BCUT2D eigenvalue weighted by atomic mass is 9.89. The third kappa shape index (κ3) is 4.95. The van der Waals surface area contributed by atoms with Gasteiger partial charge in [-0.25, -0.2) is 0 Å². The zero-order valence-corrected chi connectivity index (χ0v) is 14.8.